The molecular weight excluding hydrogens is 398 g/mol. The standard InChI is InChI=1S/C17H15F4N5OS/c1-17(7-28-26(2)16(22)25-17)12-13(20)9(19)5-11(14(12)21)24-15(27)10-4-3-8(18)6-23-10/h3-6H,7H2,1-2H3,(H2,22,25)(H,24,27)/t17-/m0/s1. The Morgan fingerprint density at radius 1 is 1.32 bits per heavy atom. The zero-order valence-electron chi connectivity index (χ0n) is 14.7. The molecule has 11 heteroatoms. The monoisotopic (exact) mass is 413 g/mol. The lowest BCUT2D eigenvalue weighted by molar-refractivity contribution is 0.102. The SMILES string of the molecule is CN1SC[C@@](C)(c2c(F)c(F)cc(NC(=O)c3ccc(F)cn3)c2F)NC1=N. The zero-order valence-corrected chi connectivity index (χ0v) is 15.6. The summed E-state index contributed by atoms with van der Waals surface area (Å²) < 4.78 is 58.1. The van der Waals surface area contributed by atoms with Gasteiger partial charge < -0.3 is 10.6 Å². The highest BCUT2D eigenvalue weighted by Gasteiger charge is 2.40. The third kappa shape index (κ3) is 3.61. The quantitative estimate of drug-likeness (QED) is 0.409. The first-order valence-corrected chi connectivity index (χ1v) is 8.91. The van der Waals surface area contributed by atoms with Gasteiger partial charge in [-0.2, -0.15) is 0 Å². The van der Waals surface area contributed by atoms with Crippen molar-refractivity contribution in [1.29, 1.82) is 5.41 Å². The van der Waals surface area contributed by atoms with Gasteiger partial charge in [-0.1, -0.05) is 0 Å². The number of carbonyl (C=O) groups is 1. The summed E-state index contributed by atoms with van der Waals surface area (Å²) in [6.07, 6.45) is 0.800. The maximum absolute atomic E-state index is 15.1. The van der Waals surface area contributed by atoms with Crippen molar-refractivity contribution in [3.8, 4) is 0 Å². The number of hydrogen-bond acceptors (Lipinski definition) is 4. The number of carbonyl (C=O) groups excluding carboxylic acids is 1. The maximum Gasteiger partial charge on any atom is 0.274 e. The second-order valence-electron chi connectivity index (χ2n) is 6.30. The van der Waals surface area contributed by atoms with E-state index in [-0.39, 0.29) is 17.4 Å². The van der Waals surface area contributed by atoms with Crippen LogP contribution in [-0.4, -0.2) is 34.0 Å². The van der Waals surface area contributed by atoms with Crippen molar-refractivity contribution in [2.45, 2.75) is 12.5 Å². The molecule has 3 N–H and O–H groups in total. The average molecular weight is 413 g/mol. The van der Waals surface area contributed by atoms with Gasteiger partial charge in [-0.15, -0.1) is 0 Å². The van der Waals surface area contributed by atoms with Gasteiger partial charge in [0.15, 0.2) is 17.5 Å². The summed E-state index contributed by atoms with van der Waals surface area (Å²) in [5, 5.41) is 12.6. The molecule has 0 radical (unpaired) electrons. The molecule has 1 amide bonds. The van der Waals surface area contributed by atoms with Gasteiger partial charge in [0.2, 0.25) is 5.96 Å². The van der Waals surface area contributed by atoms with Gasteiger partial charge in [0.1, 0.15) is 11.5 Å². The predicted octanol–water partition coefficient (Wildman–Crippen LogP) is 3.22. The number of benzene rings is 1. The third-order valence-corrected chi connectivity index (χ3v) is 5.45. The van der Waals surface area contributed by atoms with Crippen LogP contribution in [-0.2, 0) is 5.54 Å². The Labute approximate surface area is 162 Å². The number of nitrogens with one attached hydrogen (secondary N) is 3. The van der Waals surface area contributed by atoms with Crippen molar-refractivity contribution in [3.05, 3.63) is 58.9 Å². The van der Waals surface area contributed by atoms with Gasteiger partial charge in [-0.05, 0) is 31.0 Å². The summed E-state index contributed by atoms with van der Waals surface area (Å²) in [6, 6.07) is 2.58. The molecule has 0 aliphatic carbocycles. The Kier molecular flexibility index (Phi) is 5.20. The molecule has 3 rings (SSSR count). The molecule has 6 nitrogen and oxygen atoms in total. The predicted molar refractivity (Wildman–Crippen MR) is 96.9 cm³/mol. The highest BCUT2D eigenvalue weighted by molar-refractivity contribution is 7.97. The van der Waals surface area contributed by atoms with Gasteiger partial charge in [0, 0.05) is 18.9 Å². The van der Waals surface area contributed by atoms with E-state index in [0.717, 1.165) is 30.3 Å². The van der Waals surface area contributed by atoms with Crippen LogP contribution in [0.5, 0.6) is 0 Å². The molecule has 28 heavy (non-hydrogen) atoms. The largest absolute Gasteiger partial charge is 0.345 e. The van der Waals surface area contributed by atoms with Crippen molar-refractivity contribution in [2.24, 2.45) is 0 Å². The van der Waals surface area contributed by atoms with Crippen LogP contribution >= 0.6 is 11.9 Å². The number of aromatic nitrogens is 1. The molecule has 0 unspecified atom stereocenters. The maximum atomic E-state index is 15.1. The fraction of sp³-hybridized carbons (Fsp3) is 0.235. The molecule has 1 aromatic carbocycles. The Hall–Kier alpha value is -2.82. The van der Waals surface area contributed by atoms with E-state index in [9.17, 15) is 18.0 Å². The summed E-state index contributed by atoms with van der Waals surface area (Å²) in [6.45, 7) is 1.43. The van der Waals surface area contributed by atoms with E-state index in [1.165, 1.54) is 11.2 Å². The fourth-order valence-corrected chi connectivity index (χ4v) is 3.52. The molecular formula is C17H15F4N5OS. The smallest absolute Gasteiger partial charge is 0.274 e. The second-order valence-corrected chi connectivity index (χ2v) is 7.40. The Bertz CT molecular complexity index is 956. The van der Waals surface area contributed by atoms with E-state index in [1.807, 2.05) is 0 Å². The number of hydrogen-bond donors (Lipinski definition) is 3. The van der Waals surface area contributed by atoms with Crippen LogP contribution in [0.25, 0.3) is 0 Å². The molecule has 1 saturated heterocycles. The van der Waals surface area contributed by atoms with Gasteiger partial charge in [-0.3, -0.25) is 14.5 Å². The molecule has 1 aliphatic heterocycles. The molecule has 0 saturated carbocycles. The van der Waals surface area contributed by atoms with E-state index >= 15 is 4.39 Å². The van der Waals surface area contributed by atoms with Crippen molar-refractivity contribution >= 4 is 29.5 Å². The molecule has 2 aromatic rings. The van der Waals surface area contributed by atoms with Gasteiger partial charge in [-0.25, -0.2) is 22.5 Å². The van der Waals surface area contributed by atoms with Crippen molar-refractivity contribution in [2.75, 3.05) is 18.1 Å². The summed E-state index contributed by atoms with van der Waals surface area (Å²) in [5.41, 5.74) is -2.89. The number of amides is 1. The third-order valence-electron chi connectivity index (χ3n) is 4.17. The number of pyridine rings is 1. The minimum absolute atomic E-state index is 0.107. The lowest BCUT2D eigenvalue weighted by atomic mass is 9.91. The first-order valence-electron chi connectivity index (χ1n) is 7.96. The van der Waals surface area contributed by atoms with Crippen LogP contribution in [0.4, 0.5) is 23.2 Å². The molecule has 0 bridgehead atoms. The van der Waals surface area contributed by atoms with Crippen molar-refractivity contribution in [1.82, 2.24) is 14.6 Å². The average Bonchev–Trinajstić information content (AvgIpc) is 2.63. The minimum Gasteiger partial charge on any atom is -0.345 e. The van der Waals surface area contributed by atoms with E-state index < -0.39 is 46.0 Å². The molecule has 1 aromatic heterocycles. The Morgan fingerprint density at radius 2 is 2.04 bits per heavy atom. The highest BCUT2D eigenvalue weighted by atomic mass is 32.2. The summed E-state index contributed by atoms with van der Waals surface area (Å²) in [7, 11) is 1.60. The van der Waals surface area contributed by atoms with Crippen LogP contribution in [0.2, 0.25) is 0 Å². The Balaban J connectivity index is 1.99. The van der Waals surface area contributed by atoms with Gasteiger partial charge in [0.25, 0.3) is 5.91 Å². The van der Waals surface area contributed by atoms with Crippen molar-refractivity contribution < 1.29 is 22.4 Å². The number of halogens is 4. The zero-order chi connectivity index (χ0) is 20.6. The number of anilines is 1. The topological polar surface area (TPSA) is 81.1 Å². The van der Waals surface area contributed by atoms with Crippen LogP contribution in [0.3, 0.4) is 0 Å². The molecule has 1 fully saturated rings. The molecule has 1 atom stereocenters. The minimum atomic E-state index is -1.43. The molecule has 2 heterocycles. The van der Waals surface area contributed by atoms with E-state index in [4.69, 9.17) is 5.41 Å². The first kappa shape index (κ1) is 19.9. The van der Waals surface area contributed by atoms with Gasteiger partial charge in [0.05, 0.1) is 23.0 Å². The van der Waals surface area contributed by atoms with Crippen LogP contribution in [0, 0.1) is 28.7 Å². The lowest BCUT2D eigenvalue weighted by Gasteiger charge is -2.40. The van der Waals surface area contributed by atoms with Gasteiger partial charge >= 0.3 is 0 Å². The normalized spacial score (nSPS) is 19.4. The van der Waals surface area contributed by atoms with Crippen molar-refractivity contribution in [3.63, 3.8) is 0 Å². The van der Waals surface area contributed by atoms with Crippen LogP contribution in [0.1, 0.15) is 23.0 Å². The molecule has 0 spiro atoms. The first-order chi connectivity index (χ1) is 13.1. The summed E-state index contributed by atoms with van der Waals surface area (Å²) in [5.74, 6) is -5.54. The fourth-order valence-electron chi connectivity index (χ4n) is 2.68. The molecule has 148 valence electrons. The summed E-state index contributed by atoms with van der Waals surface area (Å²) in [4.78, 5) is 15.8. The lowest BCUT2D eigenvalue weighted by Crippen LogP contribution is -2.54. The van der Waals surface area contributed by atoms with Crippen LogP contribution < -0.4 is 10.6 Å². The van der Waals surface area contributed by atoms with E-state index in [2.05, 4.69) is 15.6 Å². The second kappa shape index (κ2) is 7.30. The number of guanidine groups is 1. The van der Waals surface area contributed by atoms with E-state index in [1.54, 1.807) is 7.05 Å². The highest BCUT2D eigenvalue weighted by Crippen LogP contribution is 2.37. The molecule has 1 aliphatic rings. The van der Waals surface area contributed by atoms with Crippen LogP contribution in [0.15, 0.2) is 24.4 Å². The Morgan fingerprint density at radius 3 is 2.64 bits per heavy atom. The number of nitrogens with zero attached hydrogens (tertiary/aromatic N) is 2. The number of rotatable bonds is 3. The summed E-state index contributed by atoms with van der Waals surface area (Å²) >= 11 is 1.13. The van der Waals surface area contributed by atoms with E-state index in [0.29, 0.717) is 6.07 Å².